The largest absolute Gasteiger partial charge is 0.343 e. The van der Waals surface area contributed by atoms with Crippen LogP contribution in [0.4, 0.5) is 4.79 Å². The molecule has 11 heteroatoms. The molecule has 0 aliphatic carbocycles. The average Bonchev–Trinajstić information content (AvgIpc) is 2.26. The van der Waals surface area contributed by atoms with E-state index in [2.05, 4.69) is 23.4 Å². The van der Waals surface area contributed by atoms with Crippen LogP contribution < -0.4 is 45.1 Å². The Morgan fingerprint density at radius 3 is 1.00 bits per heavy atom. The highest BCUT2D eigenvalue weighted by Gasteiger charge is 2.06. The van der Waals surface area contributed by atoms with E-state index in [4.69, 9.17) is 0 Å². The van der Waals surface area contributed by atoms with Crippen molar-refractivity contribution in [2.45, 2.75) is 0 Å². The van der Waals surface area contributed by atoms with Gasteiger partial charge in [-0.1, -0.05) is 0 Å². The fourth-order valence-electron chi connectivity index (χ4n) is 0.173. The molecular formula is C3H12N8O3. The van der Waals surface area contributed by atoms with Crippen LogP contribution in [0.3, 0.4) is 0 Å². The molecule has 0 aromatic heterocycles. The molecule has 0 aromatic rings. The third-order valence-electron chi connectivity index (χ3n) is 0.731. The number of nitrogens with one attached hydrogen (secondary N) is 4. The van der Waals surface area contributed by atoms with Crippen LogP contribution >= 0.6 is 0 Å². The normalized spacial score (nSPS) is 7.43. The number of nitrogens with two attached hydrogens (primary N) is 4. The van der Waals surface area contributed by atoms with Crippen LogP contribution in [0, 0.1) is 0 Å². The first kappa shape index (κ1) is 14.6. The SMILES string of the molecule is NNC(=O)C(=O)NN.NNC(=O)NN. The van der Waals surface area contributed by atoms with E-state index in [0.717, 1.165) is 0 Å². The Balaban J connectivity index is 0. The number of hydrogen-bond acceptors (Lipinski definition) is 7. The summed E-state index contributed by atoms with van der Waals surface area (Å²) in [6.45, 7) is 0. The predicted octanol–water partition coefficient (Wildman–Crippen LogP) is -5.00. The molecule has 0 aliphatic rings. The highest BCUT2D eigenvalue weighted by molar-refractivity contribution is 6.34. The summed E-state index contributed by atoms with van der Waals surface area (Å²) in [6.07, 6.45) is 0. The molecule has 0 heterocycles. The smallest absolute Gasteiger partial charge is 0.286 e. The molecule has 0 aromatic carbocycles. The third-order valence-corrected chi connectivity index (χ3v) is 0.731. The Morgan fingerprint density at radius 1 is 0.643 bits per heavy atom. The summed E-state index contributed by atoms with van der Waals surface area (Å²) in [6, 6.07) is -0.602. The van der Waals surface area contributed by atoms with Crippen molar-refractivity contribution in [3.8, 4) is 0 Å². The first-order valence-corrected chi connectivity index (χ1v) is 3.02. The van der Waals surface area contributed by atoms with Crippen LogP contribution in [0.25, 0.3) is 0 Å². The standard InChI is InChI=1S/C2H6N4O2.CH6N4O/c3-5-1(7)2(8)6-4;2-4-1(6)5-3/h3-4H2,(H,5,7)(H,6,8);2-3H2,(H2,4,5,6). The second-order valence-corrected chi connectivity index (χ2v) is 1.56. The summed E-state index contributed by atoms with van der Waals surface area (Å²) >= 11 is 0. The van der Waals surface area contributed by atoms with Crippen LogP contribution in [0.1, 0.15) is 0 Å². The topological polar surface area (TPSA) is 203 Å². The number of hydrazine groups is 4. The predicted molar refractivity (Wildman–Crippen MR) is 44.7 cm³/mol. The highest BCUT2D eigenvalue weighted by atomic mass is 16.2. The Kier molecular flexibility index (Phi) is 9.51. The van der Waals surface area contributed by atoms with E-state index in [1.165, 1.54) is 0 Å². The lowest BCUT2D eigenvalue weighted by molar-refractivity contribution is -0.139. The molecule has 12 N–H and O–H groups in total. The average molecular weight is 208 g/mol. The first-order valence-electron chi connectivity index (χ1n) is 3.02. The molecule has 14 heavy (non-hydrogen) atoms. The number of urea groups is 1. The van der Waals surface area contributed by atoms with E-state index in [-0.39, 0.29) is 0 Å². The van der Waals surface area contributed by atoms with Gasteiger partial charge in [-0.05, 0) is 0 Å². The van der Waals surface area contributed by atoms with Gasteiger partial charge in [0.1, 0.15) is 0 Å². The van der Waals surface area contributed by atoms with E-state index < -0.39 is 17.8 Å². The minimum atomic E-state index is -0.965. The Hall–Kier alpha value is -1.95. The zero-order chi connectivity index (χ0) is 11.6. The molecule has 0 aliphatic heterocycles. The molecule has 0 bridgehead atoms. The fraction of sp³-hybridized carbons (Fsp3) is 0. The number of amides is 4. The third kappa shape index (κ3) is 8.15. The van der Waals surface area contributed by atoms with E-state index >= 15 is 0 Å². The van der Waals surface area contributed by atoms with E-state index in [1.54, 1.807) is 21.7 Å². The second kappa shape index (κ2) is 9.14. The zero-order valence-corrected chi connectivity index (χ0v) is 7.03. The van der Waals surface area contributed by atoms with E-state index in [0.29, 0.717) is 0 Å². The molecule has 0 fully saturated rings. The summed E-state index contributed by atoms with van der Waals surface area (Å²) in [5, 5.41) is 0. The van der Waals surface area contributed by atoms with Crippen LogP contribution in [-0.4, -0.2) is 17.8 Å². The summed E-state index contributed by atoms with van der Waals surface area (Å²) in [7, 11) is 0. The molecule has 0 rings (SSSR count). The van der Waals surface area contributed by atoms with Crippen molar-refractivity contribution < 1.29 is 14.4 Å². The summed E-state index contributed by atoms with van der Waals surface area (Å²) in [5.74, 6) is 16.2. The van der Waals surface area contributed by atoms with Gasteiger partial charge in [0.2, 0.25) is 0 Å². The monoisotopic (exact) mass is 208 g/mol. The van der Waals surface area contributed by atoms with Crippen molar-refractivity contribution in [3.63, 3.8) is 0 Å². The van der Waals surface area contributed by atoms with Gasteiger partial charge < -0.3 is 0 Å². The van der Waals surface area contributed by atoms with Crippen LogP contribution in [0.5, 0.6) is 0 Å². The lowest BCUT2D eigenvalue weighted by Gasteiger charge is -1.93. The number of hydrogen-bond donors (Lipinski definition) is 8. The maximum atomic E-state index is 10.0. The number of carbonyl (C=O) groups excluding carboxylic acids is 3. The van der Waals surface area contributed by atoms with Crippen molar-refractivity contribution in [2.24, 2.45) is 23.4 Å². The minimum absolute atomic E-state index is 0.602. The van der Waals surface area contributed by atoms with Crippen molar-refractivity contribution >= 4 is 17.8 Å². The number of carbonyl (C=O) groups is 3. The molecule has 0 spiro atoms. The van der Waals surface area contributed by atoms with Crippen LogP contribution in [-0.2, 0) is 9.59 Å². The van der Waals surface area contributed by atoms with E-state index in [9.17, 15) is 14.4 Å². The minimum Gasteiger partial charge on any atom is -0.286 e. The molecule has 0 saturated carbocycles. The van der Waals surface area contributed by atoms with Gasteiger partial charge in [-0.3, -0.25) is 31.3 Å². The Morgan fingerprint density at radius 2 is 0.929 bits per heavy atom. The van der Waals surface area contributed by atoms with Gasteiger partial charge in [0, 0.05) is 0 Å². The summed E-state index contributed by atoms with van der Waals surface area (Å²) < 4.78 is 0. The summed E-state index contributed by atoms with van der Waals surface area (Å²) in [4.78, 5) is 29.7. The van der Waals surface area contributed by atoms with Gasteiger partial charge in [0.15, 0.2) is 0 Å². The number of rotatable bonds is 0. The van der Waals surface area contributed by atoms with Gasteiger partial charge >= 0.3 is 17.8 Å². The maximum absolute atomic E-state index is 10.0. The quantitative estimate of drug-likeness (QED) is 0.0840. The molecule has 4 amide bonds. The lowest BCUT2D eigenvalue weighted by Crippen LogP contribution is -2.45. The second-order valence-electron chi connectivity index (χ2n) is 1.56. The van der Waals surface area contributed by atoms with Gasteiger partial charge in [0.05, 0.1) is 0 Å². The first-order chi connectivity index (χ1) is 6.53. The molecule has 11 nitrogen and oxygen atoms in total. The summed E-state index contributed by atoms with van der Waals surface area (Å²) in [5.41, 5.74) is 6.65. The molecule has 0 saturated heterocycles. The van der Waals surface area contributed by atoms with Crippen LogP contribution in [0.2, 0.25) is 0 Å². The Labute approximate surface area is 78.4 Å². The molecule has 0 radical (unpaired) electrons. The Bertz CT molecular complexity index is 184. The van der Waals surface area contributed by atoms with Crippen molar-refractivity contribution in [1.82, 2.24) is 21.7 Å². The van der Waals surface area contributed by atoms with Gasteiger partial charge in [-0.15, -0.1) is 0 Å². The van der Waals surface area contributed by atoms with Crippen molar-refractivity contribution in [3.05, 3.63) is 0 Å². The lowest BCUT2D eigenvalue weighted by atomic mass is 10.6. The highest BCUT2D eigenvalue weighted by Crippen LogP contribution is 1.55. The molecule has 0 atom stereocenters. The van der Waals surface area contributed by atoms with E-state index in [1.807, 2.05) is 0 Å². The molecular weight excluding hydrogens is 196 g/mol. The van der Waals surface area contributed by atoms with Crippen molar-refractivity contribution in [2.75, 3.05) is 0 Å². The van der Waals surface area contributed by atoms with Crippen molar-refractivity contribution in [1.29, 1.82) is 0 Å². The van der Waals surface area contributed by atoms with Crippen LogP contribution in [0.15, 0.2) is 0 Å². The molecule has 82 valence electrons. The molecule has 0 unspecified atom stereocenters. The van der Waals surface area contributed by atoms with Gasteiger partial charge in [-0.25, -0.2) is 28.2 Å². The van der Waals surface area contributed by atoms with Gasteiger partial charge in [-0.2, -0.15) is 0 Å². The zero-order valence-electron chi connectivity index (χ0n) is 7.03. The fourth-order valence-corrected chi connectivity index (χ4v) is 0.173. The van der Waals surface area contributed by atoms with Gasteiger partial charge in [0.25, 0.3) is 0 Å². The maximum Gasteiger partial charge on any atom is 0.343 e.